The monoisotopic (exact) mass is 507 g/mol. The Morgan fingerprint density at radius 2 is 1.60 bits per heavy atom. The van der Waals surface area contributed by atoms with E-state index in [1.165, 1.54) is 0 Å². The van der Waals surface area contributed by atoms with Crippen LogP contribution in [0, 0.1) is 0 Å². The van der Waals surface area contributed by atoms with Gasteiger partial charge in [0.15, 0.2) is 0 Å². The largest absolute Gasteiger partial charge is 0.444 e. The highest BCUT2D eigenvalue weighted by atomic mass is 32.1. The Balaban J connectivity index is 3.23. The molecule has 0 bridgehead atoms. The molecule has 2 atom stereocenters. The topological polar surface area (TPSA) is 87.7 Å². The first kappa shape index (κ1) is 30.8. The van der Waals surface area contributed by atoms with E-state index in [4.69, 9.17) is 4.74 Å². The molecule has 0 spiro atoms. The van der Waals surface area contributed by atoms with Crippen molar-refractivity contribution in [2.75, 3.05) is 18.8 Å². The molecule has 2 N–H and O–H groups in total. The average Bonchev–Trinajstić information content (AvgIpc) is 2.80. The van der Waals surface area contributed by atoms with E-state index >= 15 is 0 Å². The number of nitrogens with zero attached hydrogens (tertiary/aromatic N) is 1. The predicted molar refractivity (Wildman–Crippen MR) is 145 cm³/mol. The molecule has 1 aromatic carbocycles. The molecular formula is C27H45N3O4S. The maximum absolute atomic E-state index is 13.8. The van der Waals surface area contributed by atoms with E-state index in [2.05, 4.69) is 37.1 Å². The maximum Gasteiger partial charge on any atom is 0.408 e. The van der Waals surface area contributed by atoms with Crippen LogP contribution in [0.1, 0.15) is 91.2 Å². The van der Waals surface area contributed by atoms with E-state index in [1.54, 1.807) is 25.7 Å². The molecule has 198 valence electrons. The molecule has 0 saturated heterocycles. The summed E-state index contributed by atoms with van der Waals surface area (Å²) in [6.45, 7) is 10.5. The van der Waals surface area contributed by atoms with Gasteiger partial charge in [-0.05, 0) is 39.2 Å². The van der Waals surface area contributed by atoms with Gasteiger partial charge in [-0.25, -0.2) is 4.79 Å². The van der Waals surface area contributed by atoms with Gasteiger partial charge in [0.25, 0.3) is 0 Å². The number of nitrogens with one attached hydrogen (secondary N) is 2. The molecule has 0 aliphatic carbocycles. The molecule has 35 heavy (non-hydrogen) atoms. The van der Waals surface area contributed by atoms with Crippen LogP contribution in [0.2, 0.25) is 0 Å². The zero-order valence-corrected chi connectivity index (χ0v) is 23.0. The fourth-order valence-corrected chi connectivity index (χ4v) is 3.93. The summed E-state index contributed by atoms with van der Waals surface area (Å²) >= 11 is 4.33. The highest BCUT2D eigenvalue weighted by molar-refractivity contribution is 7.80. The number of benzene rings is 1. The normalized spacial score (nSPS) is 13.0. The number of amides is 3. The van der Waals surface area contributed by atoms with E-state index < -0.39 is 23.8 Å². The van der Waals surface area contributed by atoms with E-state index in [-0.39, 0.29) is 17.6 Å². The second kappa shape index (κ2) is 16.5. The van der Waals surface area contributed by atoms with Crippen molar-refractivity contribution < 1.29 is 19.1 Å². The van der Waals surface area contributed by atoms with Crippen LogP contribution in [0.5, 0.6) is 0 Å². The third kappa shape index (κ3) is 11.8. The number of hydrogen-bond acceptors (Lipinski definition) is 5. The van der Waals surface area contributed by atoms with E-state index in [9.17, 15) is 14.4 Å². The zero-order chi connectivity index (χ0) is 26.3. The third-order valence-corrected chi connectivity index (χ3v) is 5.83. The van der Waals surface area contributed by atoms with Crippen molar-refractivity contribution in [2.24, 2.45) is 0 Å². The van der Waals surface area contributed by atoms with Gasteiger partial charge >= 0.3 is 6.09 Å². The lowest BCUT2D eigenvalue weighted by Gasteiger charge is -2.34. The molecule has 0 fully saturated rings. The Morgan fingerprint density at radius 3 is 2.17 bits per heavy atom. The summed E-state index contributed by atoms with van der Waals surface area (Å²) in [5.74, 6) is -0.480. The van der Waals surface area contributed by atoms with Crippen molar-refractivity contribution in [1.29, 1.82) is 0 Å². The Hall–Kier alpha value is -2.22. The van der Waals surface area contributed by atoms with Gasteiger partial charge in [-0.15, -0.1) is 0 Å². The molecular weight excluding hydrogens is 462 g/mol. The van der Waals surface area contributed by atoms with Crippen LogP contribution in [0.15, 0.2) is 30.3 Å². The van der Waals surface area contributed by atoms with Gasteiger partial charge in [0.2, 0.25) is 11.8 Å². The summed E-state index contributed by atoms with van der Waals surface area (Å²) < 4.78 is 5.35. The molecule has 0 aliphatic rings. The minimum absolute atomic E-state index is 0.0867. The van der Waals surface area contributed by atoms with Gasteiger partial charge in [-0.2, -0.15) is 12.6 Å². The number of thiol groups is 1. The zero-order valence-electron chi connectivity index (χ0n) is 22.1. The first-order valence-corrected chi connectivity index (χ1v) is 13.5. The molecule has 0 aliphatic heterocycles. The van der Waals surface area contributed by atoms with E-state index in [0.717, 1.165) is 50.5 Å². The SMILES string of the molecule is CCCCCCCN(C(=O)C(CS)NC(=O)OC(C)(C)C)C(C(=O)NCCCC)c1ccccc1. The van der Waals surface area contributed by atoms with Crippen molar-refractivity contribution in [3.8, 4) is 0 Å². The molecule has 0 saturated carbocycles. The fourth-order valence-electron chi connectivity index (χ4n) is 3.68. The van der Waals surface area contributed by atoms with Crippen LogP contribution in [0.3, 0.4) is 0 Å². The lowest BCUT2D eigenvalue weighted by molar-refractivity contribution is -0.142. The molecule has 7 nitrogen and oxygen atoms in total. The Bertz CT molecular complexity index is 767. The number of unbranched alkanes of at least 4 members (excludes halogenated alkanes) is 5. The first-order valence-electron chi connectivity index (χ1n) is 12.9. The number of alkyl carbamates (subject to hydrolysis) is 1. The molecule has 8 heteroatoms. The molecule has 0 aromatic heterocycles. The van der Waals surface area contributed by atoms with Crippen LogP contribution in [0.25, 0.3) is 0 Å². The average molecular weight is 508 g/mol. The summed E-state index contributed by atoms with van der Waals surface area (Å²) in [5, 5.41) is 5.64. The number of hydrogen-bond donors (Lipinski definition) is 3. The van der Waals surface area contributed by atoms with Gasteiger partial charge in [0.05, 0.1) is 0 Å². The molecule has 0 radical (unpaired) electrons. The number of carbonyl (C=O) groups is 3. The lowest BCUT2D eigenvalue weighted by atomic mass is 10.0. The minimum atomic E-state index is -0.918. The number of rotatable bonds is 15. The Kier molecular flexibility index (Phi) is 14.5. The molecule has 0 heterocycles. The summed E-state index contributed by atoms with van der Waals surface area (Å²) in [6.07, 6.45) is 6.18. The van der Waals surface area contributed by atoms with Gasteiger partial charge in [-0.3, -0.25) is 9.59 Å². The molecule has 3 amide bonds. The smallest absolute Gasteiger partial charge is 0.408 e. The number of ether oxygens (including phenoxy) is 1. The third-order valence-electron chi connectivity index (χ3n) is 5.46. The van der Waals surface area contributed by atoms with Crippen molar-refractivity contribution >= 4 is 30.5 Å². The minimum Gasteiger partial charge on any atom is -0.444 e. The van der Waals surface area contributed by atoms with Crippen LogP contribution < -0.4 is 10.6 Å². The van der Waals surface area contributed by atoms with Crippen molar-refractivity contribution in [3.05, 3.63) is 35.9 Å². The van der Waals surface area contributed by atoms with Gasteiger partial charge in [0.1, 0.15) is 17.7 Å². The summed E-state index contributed by atoms with van der Waals surface area (Å²) in [5.41, 5.74) is 0.0394. The van der Waals surface area contributed by atoms with Crippen LogP contribution in [-0.4, -0.2) is 53.3 Å². The lowest BCUT2D eigenvalue weighted by Crippen LogP contribution is -2.54. The summed E-state index contributed by atoms with van der Waals surface area (Å²) in [6, 6.07) is 7.61. The van der Waals surface area contributed by atoms with E-state index in [1.807, 2.05) is 30.3 Å². The molecule has 1 rings (SSSR count). The highest BCUT2D eigenvalue weighted by Crippen LogP contribution is 2.24. The van der Waals surface area contributed by atoms with Gasteiger partial charge < -0.3 is 20.3 Å². The maximum atomic E-state index is 13.8. The molecule has 1 aromatic rings. The van der Waals surface area contributed by atoms with Crippen LogP contribution in [0.4, 0.5) is 4.79 Å². The quantitative estimate of drug-likeness (QED) is 0.223. The van der Waals surface area contributed by atoms with Crippen molar-refractivity contribution in [1.82, 2.24) is 15.5 Å². The Morgan fingerprint density at radius 1 is 0.971 bits per heavy atom. The van der Waals surface area contributed by atoms with E-state index in [0.29, 0.717) is 13.1 Å². The highest BCUT2D eigenvalue weighted by Gasteiger charge is 2.35. The van der Waals surface area contributed by atoms with Gasteiger partial charge in [0, 0.05) is 18.8 Å². The van der Waals surface area contributed by atoms with Crippen LogP contribution >= 0.6 is 12.6 Å². The van der Waals surface area contributed by atoms with Crippen LogP contribution in [-0.2, 0) is 14.3 Å². The summed E-state index contributed by atoms with van der Waals surface area (Å²) in [4.78, 5) is 41.2. The number of carbonyl (C=O) groups excluding carboxylic acids is 3. The summed E-state index contributed by atoms with van der Waals surface area (Å²) in [7, 11) is 0. The standard InChI is InChI=1S/C27H45N3O4S/c1-6-8-10-11-15-19-30(25(32)22(20-35)29-26(33)34-27(3,4)5)23(21-16-13-12-14-17-21)24(31)28-18-9-7-2/h12-14,16-17,22-23,35H,6-11,15,18-20H2,1-5H3,(H,28,31)(H,29,33). The second-order valence-electron chi connectivity index (χ2n) is 9.79. The van der Waals surface area contributed by atoms with Crippen molar-refractivity contribution in [3.63, 3.8) is 0 Å². The second-order valence-corrected chi connectivity index (χ2v) is 10.2. The first-order chi connectivity index (χ1) is 16.6. The Labute approximate surface area is 217 Å². The van der Waals surface area contributed by atoms with Gasteiger partial charge in [-0.1, -0.05) is 76.3 Å². The van der Waals surface area contributed by atoms with Crippen molar-refractivity contribution in [2.45, 2.75) is 97.2 Å². The molecule has 2 unspecified atom stereocenters. The fraction of sp³-hybridized carbons (Fsp3) is 0.667. The predicted octanol–water partition coefficient (Wildman–Crippen LogP) is 5.27.